The minimum absolute atomic E-state index is 0.0936. The van der Waals surface area contributed by atoms with Gasteiger partial charge >= 0.3 is 0 Å². The fourth-order valence-electron chi connectivity index (χ4n) is 4.92. The summed E-state index contributed by atoms with van der Waals surface area (Å²) in [7, 11) is 0.565. The lowest BCUT2D eigenvalue weighted by molar-refractivity contribution is 0.0799. The Kier molecular flexibility index (Phi) is 9.18. The quantitative estimate of drug-likeness (QED) is 0.185. The first-order valence-electron chi connectivity index (χ1n) is 13.6. The molecule has 1 aliphatic carbocycles. The maximum atomic E-state index is 13.6. The topological polar surface area (TPSA) is 84.9 Å². The minimum Gasteiger partial charge on any atom is -0.361 e. The second kappa shape index (κ2) is 12.5. The lowest BCUT2D eigenvalue weighted by atomic mass is 9.85. The number of hydrogen-bond acceptors (Lipinski definition) is 4. The Morgan fingerprint density at radius 1 is 1.26 bits per heavy atom. The third-order valence-corrected chi connectivity index (χ3v) is 8.91. The fourth-order valence-corrected chi connectivity index (χ4v) is 5.68. The van der Waals surface area contributed by atoms with Crippen molar-refractivity contribution in [3.05, 3.63) is 64.4 Å². The van der Waals surface area contributed by atoms with E-state index in [-0.39, 0.29) is 24.8 Å². The van der Waals surface area contributed by atoms with E-state index >= 15 is 0 Å². The summed E-state index contributed by atoms with van der Waals surface area (Å²) in [6.07, 6.45) is 8.67. The number of guanidine groups is 1. The van der Waals surface area contributed by atoms with E-state index in [1.165, 1.54) is 29.5 Å². The maximum absolute atomic E-state index is 13.6. The summed E-state index contributed by atoms with van der Waals surface area (Å²) >= 11 is 0. The number of rotatable bonds is 10. The number of aromatic nitrogens is 2. The van der Waals surface area contributed by atoms with Crippen LogP contribution in [0.2, 0.25) is 25.7 Å². The summed E-state index contributed by atoms with van der Waals surface area (Å²) in [5.74, 6) is 1.58. The zero-order chi connectivity index (χ0) is 27.1. The first-order chi connectivity index (χ1) is 18.3. The smallest absolute Gasteiger partial charge is 0.288 e. The fraction of sp³-hybridized carbons (Fsp3) is 0.517. The van der Waals surface area contributed by atoms with Crippen molar-refractivity contribution in [1.82, 2.24) is 20.2 Å². The molecule has 0 unspecified atom stereocenters. The molecule has 9 heteroatoms. The molecule has 0 radical (unpaired) electrons. The maximum Gasteiger partial charge on any atom is 0.288 e. The average molecular weight is 533 g/mol. The number of allylic oxidation sites excluding steroid dienone is 2. The minimum atomic E-state index is -1.21. The zero-order valence-corrected chi connectivity index (χ0v) is 24.1. The number of ether oxygens (including phenoxy) is 1. The van der Waals surface area contributed by atoms with Gasteiger partial charge in [-0.15, -0.1) is 0 Å². The molecule has 1 fully saturated rings. The Morgan fingerprint density at radius 2 is 2.05 bits per heavy atom. The van der Waals surface area contributed by atoms with Crippen LogP contribution in [0.3, 0.4) is 0 Å². The molecule has 0 spiro atoms. The summed E-state index contributed by atoms with van der Waals surface area (Å²) < 4.78 is 7.58. The summed E-state index contributed by atoms with van der Waals surface area (Å²) in [6, 6.07) is 7.57. The van der Waals surface area contributed by atoms with Crippen molar-refractivity contribution in [2.45, 2.75) is 70.4 Å². The highest BCUT2D eigenvalue weighted by Crippen LogP contribution is 2.32. The Morgan fingerprint density at radius 3 is 2.71 bits per heavy atom. The number of ketones is 1. The van der Waals surface area contributed by atoms with E-state index in [0.29, 0.717) is 18.3 Å². The zero-order valence-electron chi connectivity index (χ0n) is 23.1. The molecule has 2 heterocycles. The van der Waals surface area contributed by atoms with Crippen LogP contribution in [-0.2, 0) is 17.9 Å². The number of nitrogens with zero attached hydrogens (tertiary/aromatic N) is 4. The second-order valence-corrected chi connectivity index (χ2v) is 17.0. The molecule has 0 saturated carbocycles. The van der Waals surface area contributed by atoms with Gasteiger partial charge in [-0.3, -0.25) is 14.4 Å². The van der Waals surface area contributed by atoms with E-state index in [9.17, 15) is 4.79 Å². The molecule has 1 aliphatic heterocycles. The van der Waals surface area contributed by atoms with E-state index in [2.05, 4.69) is 69.4 Å². The van der Waals surface area contributed by atoms with Crippen LogP contribution in [0.4, 0.5) is 5.82 Å². The number of carbonyl (C=O) groups excluding carboxylic acids is 1. The lowest BCUT2D eigenvalue weighted by Crippen LogP contribution is -2.48. The third-order valence-electron chi connectivity index (χ3n) is 7.20. The number of imidazole rings is 1. The van der Waals surface area contributed by atoms with E-state index in [1.807, 2.05) is 0 Å². The van der Waals surface area contributed by atoms with Gasteiger partial charge in [0.25, 0.3) is 11.6 Å². The molecule has 2 aromatic rings. The molecule has 1 aromatic heterocycles. The van der Waals surface area contributed by atoms with Crippen LogP contribution in [0.5, 0.6) is 0 Å². The van der Waals surface area contributed by atoms with Gasteiger partial charge in [0, 0.05) is 53.4 Å². The van der Waals surface area contributed by atoms with Crippen LogP contribution in [0, 0.1) is 6.57 Å². The Balaban J connectivity index is 1.55. The van der Waals surface area contributed by atoms with Gasteiger partial charge in [0.1, 0.15) is 6.73 Å². The molecule has 2 N–H and O–H groups in total. The molecule has 202 valence electrons. The van der Waals surface area contributed by atoms with Gasteiger partial charge in [0.15, 0.2) is 5.96 Å². The van der Waals surface area contributed by atoms with Crippen LogP contribution in [0.1, 0.15) is 58.9 Å². The Hall–Kier alpha value is -3.22. The number of nitrogens with one attached hydrogen (secondary N) is 2. The lowest BCUT2D eigenvalue weighted by Gasteiger charge is -2.27. The number of carbonyl (C=O) groups is 1. The van der Waals surface area contributed by atoms with Crippen molar-refractivity contribution in [2.24, 2.45) is 4.99 Å². The summed E-state index contributed by atoms with van der Waals surface area (Å²) in [4.78, 5) is 25.6. The van der Waals surface area contributed by atoms with Gasteiger partial charge in [-0.25, -0.2) is 0 Å². The Bertz CT molecular complexity index is 1240. The first kappa shape index (κ1) is 27.8. The van der Waals surface area contributed by atoms with Gasteiger partial charge in [-0.05, 0) is 54.0 Å². The monoisotopic (exact) mass is 532 g/mol. The van der Waals surface area contributed by atoms with E-state index in [1.54, 1.807) is 17.8 Å². The van der Waals surface area contributed by atoms with Gasteiger partial charge in [-0.1, -0.05) is 55.5 Å². The molecule has 38 heavy (non-hydrogen) atoms. The molecule has 1 saturated heterocycles. The average Bonchev–Trinajstić information content (AvgIpc) is 3.35. The highest BCUT2D eigenvalue weighted by molar-refractivity contribution is 6.76. The molecule has 1 aromatic carbocycles. The van der Waals surface area contributed by atoms with Crippen molar-refractivity contribution in [3.63, 3.8) is 0 Å². The van der Waals surface area contributed by atoms with Gasteiger partial charge in [-0.2, -0.15) is 0 Å². The highest BCUT2D eigenvalue weighted by Gasteiger charge is 2.24. The second-order valence-electron chi connectivity index (χ2n) is 11.4. The number of Topliss-reactive ketones (excluding diaryl/α,β-unsaturated/α-hetero) is 1. The molecule has 2 aliphatic rings. The first-order valence-corrected chi connectivity index (χ1v) is 17.3. The van der Waals surface area contributed by atoms with Crippen molar-refractivity contribution in [3.8, 4) is 0 Å². The molecule has 0 bridgehead atoms. The predicted octanol–water partition coefficient (Wildman–Crippen LogP) is 5.39. The number of aliphatic imine (C=N–C) groups is 1. The van der Waals surface area contributed by atoms with Crippen LogP contribution >= 0.6 is 0 Å². The van der Waals surface area contributed by atoms with E-state index in [4.69, 9.17) is 11.3 Å². The largest absolute Gasteiger partial charge is 0.361 e. The van der Waals surface area contributed by atoms with Crippen LogP contribution < -0.4 is 10.6 Å². The summed E-state index contributed by atoms with van der Waals surface area (Å²) in [6.45, 7) is 16.9. The molecule has 0 atom stereocenters. The predicted molar refractivity (Wildman–Crippen MR) is 156 cm³/mol. The molecule has 0 amide bonds. The summed E-state index contributed by atoms with van der Waals surface area (Å²) in [5.41, 5.74) is 4.76. The van der Waals surface area contributed by atoms with E-state index < -0.39 is 8.07 Å². The van der Waals surface area contributed by atoms with Crippen LogP contribution in [0.15, 0.2) is 35.5 Å². The Labute approximate surface area is 227 Å². The van der Waals surface area contributed by atoms with Gasteiger partial charge in [0.2, 0.25) is 5.78 Å². The number of hydrogen-bond donors (Lipinski definition) is 2. The van der Waals surface area contributed by atoms with Crippen molar-refractivity contribution >= 4 is 31.2 Å². The van der Waals surface area contributed by atoms with Gasteiger partial charge in [0.05, 0.1) is 0 Å². The van der Waals surface area contributed by atoms with Crippen molar-refractivity contribution in [1.29, 1.82) is 0 Å². The molecular weight excluding hydrogens is 492 g/mol. The normalized spacial score (nSPS) is 17.7. The van der Waals surface area contributed by atoms with Gasteiger partial charge < -0.3 is 20.2 Å². The molecular formula is C29H40N6O2Si. The summed E-state index contributed by atoms with van der Waals surface area (Å²) in [5, 5.41) is 6.71. The standard InChI is InChI=1S/C29H40N6O2Si/c1-30-27-19-35(20-37-13-14-38(3,4)5)28(34-27)26(36)16-23-12-11-22(24-17-32-29(31-2)33-18-24)15-25(23)21-9-7-6-8-10-21/h9,11-12,15,19,24H,6-8,10,13-14,16-18,20H2,2-5H3,(H2,31,32,33). The molecule has 4 rings (SSSR count). The van der Waals surface area contributed by atoms with Crippen LogP contribution in [0.25, 0.3) is 10.4 Å². The number of benzene rings is 1. The van der Waals surface area contributed by atoms with Crippen LogP contribution in [-0.4, -0.2) is 56.1 Å². The highest BCUT2D eigenvalue weighted by atomic mass is 28.3. The molecule has 8 nitrogen and oxygen atoms in total. The SMILES string of the molecule is [C-]#[N+]c1cn(COCC[Si](C)(C)C)c(C(=O)Cc2ccc(C3CNC(=NC)NC3)cc2C2=CCCCC2)n1. The van der Waals surface area contributed by atoms with Crippen molar-refractivity contribution < 1.29 is 9.53 Å². The third kappa shape index (κ3) is 7.20. The van der Waals surface area contributed by atoms with E-state index in [0.717, 1.165) is 43.5 Å². The van der Waals surface area contributed by atoms with Crippen molar-refractivity contribution in [2.75, 3.05) is 26.7 Å².